The second-order valence-corrected chi connectivity index (χ2v) is 6.18. The maximum absolute atomic E-state index is 13.2. The first-order valence-electron chi connectivity index (χ1n) is 8.25. The molecule has 3 aromatic rings. The number of rotatable bonds is 2. The molecule has 0 radical (unpaired) electrons. The Morgan fingerprint density at radius 3 is 2.65 bits per heavy atom. The molecule has 0 saturated heterocycles. The Labute approximate surface area is 134 Å². The molecule has 3 aromatic heterocycles. The average molecular weight is 305 g/mol. The molecule has 4 nitrogen and oxygen atoms in total. The summed E-state index contributed by atoms with van der Waals surface area (Å²) in [7, 11) is 0. The van der Waals surface area contributed by atoms with Crippen LogP contribution in [0, 0.1) is 0 Å². The van der Waals surface area contributed by atoms with Crippen LogP contribution in [0.15, 0.2) is 53.7 Å². The molecular formula is C19H19N3O. The molecule has 0 aliphatic heterocycles. The lowest BCUT2D eigenvalue weighted by Crippen LogP contribution is -2.28. The van der Waals surface area contributed by atoms with Gasteiger partial charge in [-0.2, -0.15) is 0 Å². The van der Waals surface area contributed by atoms with Gasteiger partial charge in [0.25, 0.3) is 5.56 Å². The lowest BCUT2D eigenvalue weighted by Gasteiger charge is -2.25. The van der Waals surface area contributed by atoms with Crippen molar-refractivity contribution in [1.82, 2.24) is 14.5 Å². The van der Waals surface area contributed by atoms with Crippen LogP contribution < -0.4 is 5.56 Å². The zero-order valence-electron chi connectivity index (χ0n) is 13.0. The highest BCUT2D eigenvalue weighted by molar-refractivity contribution is 5.81. The van der Waals surface area contributed by atoms with Crippen LogP contribution in [0.5, 0.6) is 0 Å². The third-order valence-corrected chi connectivity index (χ3v) is 4.71. The fourth-order valence-electron chi connectivity index (χ4n) is 3.57. The van der Waals surface area contributed by atoms with Crippen molar-refractivity contribution < 1.29 is 0 Å². The van der Waals surface area contributed by atoms with E-state index in [0.29, 0.717) is 5.56 Å². The van der Waals surface area contributed by atoms with Crippen LogP contribution in [-0.4, -0.2) is 14.5 Å². The summed E-state index contributed by atoms with van der Waals surface area (Å²) >= 11 is 0. The molecule has 0 amide bonds. The first-order valence-corrected chi connectivity index (χ1v) is 8.25. The lowest BCUT2D eigenvalue weighted by atomic mass is 9.94. The Bertz CT molecular complexity index is 880. The van der Waals surface area contributed by atoms with Gasteiger partial charge in [-0.3, -0.25) is 14.3 Å². The highest BCUT2D eigenvalue weighted by atomic mass is 16.1. The summed E-state index contributed by atoms with van der Waals surface area (Å²) < 4.78 is 1.93. The van der Waals surface area contributed by atoms with Gasteiger partial charge in [0.2, 0.25) is 0 Å². The first kappa shape index (κ1) is 14.1. The number of aromatic nitrogens is 3. The minimum absolute atomic E-state index is 0.0519. The van der Waals surface area contributed by atoms with Crippen molar-refractivity contribution in [3.63, 3.8) is 0 Å². The van der Waals surface area contributed by atoms with E-state index in [1.165, 1.54) is 19.3 Å². The fourth-order valence-corrected chi connectivity index (χ4v) is 3.57. The van der Waals surface area contributed by atoms with Crippen molar-refractivity contribution in [2.45, 2.75) is 38.1 Å². The molecule has 1 saturated carbocycles. The Balaban J connectivity index is 1.99. The van der Waals surface area contributed by atoms with Gasteiger partial charge in [0.15, 0.2) is 0 Å². The molecule has 0 spiro atoms. The molecule has 0 unspecified atom stereocenters. The van der Waals surface area contributed by atoms with E-state index in [1.807, 2.05) is 34.9 Å². The minimum atomic E-state index is 0.0519. The quantitative estimate of drug-likeness (QED) is 0.720. The molecule has 1 aliphatic carbocycles. The summed E-state index contributed by atoms with van der Waals surface area (Å²) in [5.41, 5.74) is 2.44. The summed E-state index contributed by atoms with van der Waals surface area (Å²) in [6.07, 6.45) is 11.0. The van der Waals surface area contributed by atoms with Gasteiger partial charge < -0.3 is 0 Å². The Morgan fingerprint density at radius 1 is 1.04 bits per heavy atom. The number of pyridine rings is 3. The van der Waals surface area contributed by atoms with Crippen LogP contribution in [-0.2, 0) is 0 Å². The summed E-state index contributed by atoms with van der Waals surface area (Å²) in [4.78, 5) is 21.8. The fraction of sp³-hybridized carbons (Fsp3) is 0.316. The lowest BCUT2D eigenvalue weighted by molar-refractivity contribution is 0.353. The normalized spacial score (nSPS) is 15.8. The van der Waals surface area contributed by atoms with E-state index in [1.54, 1.807) is 18.6 Å². The summed E-state index contributed by atoms with van der Waals surface area (Å²) in [5, 5.41) is 1.01. The van der Waals surface area contributed by atoms with Crippen LogP contribution in [0.3, 0.4) is 0 Å². The van der Waals surface area contributed by atoms with Gasteiger partial charge in [-0.05, 0) is 37.1 Å². The number of hydrogen-bond acceptors (Lipinski definition) is 3. The zero-order chi connectivity index (χ0) is 15.6. The summed E-state index contributed by atoms with van der Waals surface area (Å²) in [5.74, 6) is 0. The molecule has 0 N–H and O–H groups in total. The van der Waals surface area contributed by atoms with Gasteiger partial charge in [0.1, 0.15) is 5.65 Å². The Kier molecular flexibility index (Phi) is 3.66. The zero-order valence-corrected chi connectivity index (χ0v) is 13.0. The SMILES string of the molecule is O=c1c(-c2cccnc2)cc2cccnc2n1C1CCCCC1. The largest absolute Gasteiger partial charge is 0.289 e. The molecule has 4 heteroatoms. The van der Waals surface area contributed by atoms with Gasteiger partial charge in [-0.25, -0.2) is 4.98 Å². The maximum Gasteiger partial charge on any atom is 0.260 e. The molecule has 0 atom stereocenters. The van der Waals surface area contributed by atoms with Crippen molar-refractivity contribution in [2.24, 2.45) is 0 Å². The third-order valence-electron chi connectivity index (χ3n) is 4.71. The number of hydrogen-bond donors (Lipinski definition) is 0. The smallest absolute Gasteiger partial charge is 0.260 e. The maximum atomic E-state index is 13.2. The van der Waals surface area contributed by atoms with Crippen molar-refractivity contribution in [1.29, 1.82) is 0 Å². The van der Waals surface area contributed by atoms with Crippen LogP contribution in [0.4, 0.5) is 0 Å². The van der Waals surface area contributed by atoms with Gasteiger partial charge >= 0.3 is 0 Å². The minimum Gasteiger partial charge on any atom is -0.289 e. The van der Waals surface area contributed by atoms with E-state index in [9.17, 15) is 4.79 Å². The molecule has 0 aromatic carbocycles. The molecule has 3 heterocycles. The molecular weight excluding hydrogens is 286 g/mol. The van der Waals surface area contributed by atoms with E-state index in [4.69, 9.17) is 0 Å². The van der Waals surface area contributed by atoms with Crippen molar-refractivity contribution in [3.05, 3.63) is 59.3 Å². The van der Waals surface area contributed by atoms with Crippen molar-refractivity contribution >= 4 is 11.0 Å². The van der Waals surface area contributed by atoms with Gasteiger partial charge in [0, 0.05) is 41.1 Å². The third kappa shape index (κ3) is 2.54. The molecule has 116 valence electrons. The number of nitrogens with zero attached hydrogens (tertiary/aromatic N) is 3. The first-order chi connectivity index (χ1) is 11.3. The summed E-state index contributed by atoms with van der Waals surface area (Å²) in [6, 6.07) is 9.96. The topological polar surface area (TPSA) is 47.8 Å². The monoisotopic (exact) mass is 305 g/mol. The van der Waals surface area contributed by atoms with Crippen LogP contribution >= 0.6 is 0 Å². The highest BCUT2D eigenvalue weighted by Gasteiger charge is 2.21. The van der Waals surface area contributed by atoms with Crippen molar-refractivity contribution in [2.75, 3.05) is 0 Å². The Hall–Kier alpha value is -2.49. The predicted octanol–water partition coefficient (Wildman–Crippen LogP) is 3.96. The molecule has 1 aliphatic rings. The molecule has 0 bridgehead atoms. The predicted molar refractivity (Wildman–Crippen MR) is 91.4 cm³/mol. The molecule has 1 fully saturated rings. The van der Waals surface area contributed by atoms with E-state index in [0.717, 1.165) is 29.4 Å². The van der Waals surface area contributed by atoms with Crippen LogP contribution in [0.25, 0.3) is 22.2 Å². The van der Waals surface area contributed by atoms with Gasteiger partial charge in [-0.15, -0.1) is 0 Å². The number of fused-ring (bicyclic) bond motifs is 1. The van der Waals surface area contributed by atoms with Gasteiger partial charge in [0.05, 0.1) is 0 Å². The Morgan fingerprint density at radius 2 is 1.87 bits per heavy atom. The van der Waals surface area contributed by atoms with Crippen molar-refractivity contribution in [3.8, 4) is 11.1 Å². The van der Waals surface area contributed by atoms with E-state index in [-0.39, 0.29) is 11.6 Å². The molecule has 23 heavy (non-hydrogen) atoms. The van der Waals surface area contributed by atoms with E-state index in [2.05, 4.69) is 9.97 Å². The standard InChI is InChI=1S/C19H19N3O/c23-19-17(15-7-4-10-20-13-15)12-14-6-5-11-21-18(14)22(19)16-8-2-1-3-9-16/h4-7,10-13,16H,1-3,8-9H2. The van der Waals surface area contributed by atoms with Gasteiger partial charge in [-0.1, -0.05) is 25.3 Å². The summed E-state index contributed by atoms with van der Waals surface area (Å²) in [6.45, 7) is 0. The van der Waals surface area contributed by atoms with E-state index >= 15 is 0 Å². The van der Waals surface area contributed by atoms with E-state index < -0.39 is 0 Å². The van der Waals surface area contributed by atoms with Crippen LogP contribution in [0.1, 0.15) is 38.1 Å². The average Bonchev–Trinajstić information content (AvgIpc) is 2.63. The van der Waals surface area contributed by atoms with Crippen LogP contribution in [0.2, 0.25) is 0 Å². The second kappa shape index (κ2) is 5.95. The molecule has 4 rings (SSSR count). The highest BCUT2D eigenvalue weighted by Crippen LogP contribution is 2.30. The second-order valence-electron chi connectivity index (χ2n) is 6.18.